The van der Waals surface area contributed by atoms with Gasteiger partial charge in [0, 0.05) is 24.2 Å². The number of nitrogens with zero attached hydrogens (tertiary/aromatic N) is 6. The molecule has 1 N–H and O–H groups in total. The van der Waals surface area contributed by atoms with Crippen LogP contribution in [-0.4, -0.2) is 58.9 Å². The minimum absolute atomic E-state index is 0.0171. The van der Waals surface area contributed by atoms with Crippen LogP contribution in [0.5, 0.6) is 0 Å². The maximum Gasteiger partial charge on any atom is 0.292 e. The molecule has 6 rings (SSSR count). The van der Waals surface area contributed by atoms with Gasteiger partial charge in [-0.25, -0.2) is 14.5 Å². The van der Waals surface area contributed by atoms with E-state index < -0.39 is 0 Å². The van der Waals surface area contributed by atoms with Gasteiger partial charge in [0.1, 0.15) is 5.82 Å². The van der Waals surface area contributed by atoms with Crippen molar-refractivity contribution < 1.29 is 9.13 Å². The number of amidine groups is 1. The molecule has 188 valence electrons. The molecule has 3 aliphatic heterocycles. The molecule has 36 heavy (non-hydrogen) atoms. The van der Waals surface area contributed by atoms with Gasteiger partial charge in [-0.3, -0.25) is 4.90 Å². The third kappa shape index (κ3) is 4.08. The Bertz CT molecular complexity index is 1300. The first kappa shape index (κ1) is 23.5. The predicted octanol–water partition coefficient (Wildman–Crippen LogP) is 4.64. The van der Waals surface area contributed by atoms with E-state index in [2.05, 4.69) is 37.3 Å². The molecule has 0 amide bonds. The Morgan fingerprint density at radius 3 is 2.72 bits per heavy atom. The van der Waals surface area contributed by atoms with Crippen molar-refractivity contribution >= 4 is 40.9 Å². The van der Waals surface area contributed by atoms with E-state index in [9.17, 15) is 4.39 Å². The predicted molar refractivity (Wildman–Crippen MR) is 138 cm³/mol. The van der Waals surface area contributed by atoms with Gasteiger partial charge in [0.05, 0.1) is 29.2 Å². The zero-order chi connectivity index (χ0) is 24.9. The van der Waals surface area contributed by atoms with Crippen LogP contribution in [-0.2, 0) is 16.6 Å². The fourth-order valence-corrected chi connectivity index (χ4v) is 6.01. The molecule has 8 nitrogen and oxygen atoms in total. The molecule has 0 aliphatic carbocycles. The average Bonchev–Trinajstić information content (AvgIpc) is 3.56. The van der Waals surface area contributed by atoms with E-state index in [0.717, 1.165) is 42.7 Å². The molecule has 0 bridgehead atoms. The molecule has 11 heteroatoms. The lowest BCUT2D eigenvalue weighted by atomic mass is 9.68. The number of ether oxygens (including phenoxy) is 1. The van der Waals surface area contributed by atoms with Gasteiger partial charge < -0.3 is 9.64 Å². The van der Waals surface area contributed by atoms with Crippen molar-refractivity contribution in [3.63, 3.8) is 0 Å². The molecule has 1 fully saturated rings. The molecule has 2 atom stereocenters. The van der Waals surface area contributed by atoms with Crippen molar-refractivity contribution in [2.45, 2.75) is 37.6 Å². The Balaban J connectivity index is 1.22. The first-order valence-electron chi connectivity index (χ1n) is 12.1. The summed E-state index contributed by atoms with van der Waals surface area (Å²) in [4.78, 5) is 9.13. The van der Waals surface area contributed by atoms with Crippen LogP contribution in [0.3, 0.4) is 0 Å². The molecule has 0 radical (unpaired) electrons. The number of aromatic amines is 1. The first-order valence-corrected chi connectivity index (χ1v) is 12.9. The van der Waals surface area contributed by atoms with Crippen molar-refractivity contribution in [1.82, 2.24) is 20.6 Å². The zero-order valence-corrected chi connectivity index (χ0v) is 21.3. The second-order valence-corrected chi connectivity index (χ2v) is 10.8. The number of fused-ring (bicyclic) bond motifs is 3. The van der Waals surface area contributed by atoms with Crippen LogP contribution < -0.4 is 9.80 Å². The van der Waals surface area contributed by atoms with Gasteiger partial charge in [-0.15, -0.1) is 0 Å². The summed E-state index contributed by atoms with van der Waals surface area (Å²) in [5.74, 6) is 0.852. The Hall–Kier alpha value is -2.91. The third-order valence-electron chi connectivity index (χ3n) is 7.79. The standard InChI is InChI=1S/C25H26Cl2FN7O/c1-25(17-2-4-19(26)20(27)11-17)12-16-10-18(28)3-5-21(16)35-22(25)13-29-24(35)36-14-15-6-8-34(9-7-15)23-30-32-33-31-23/h2-5,10-11,15,22H,6-9,12-14H2,1H3,(H,30,31,32,33). The van der Waals surface area contributed by atoms with E-state index in [4.69, 9.17) is 32.9 Å². The van der Waals surface area contributed by atoms with Gasteiger partial charge >= 0.3 is 0 Å². The number of tetrazole rings is 1. The van der Waals surface area contributed by atoms with E-state index >= 15 is 0 Å². The van der Waals surface area contributed by atoms with Gasteiger partial charge in [-0.05, 0) is 77.1 Å². The first-order chi connectivity index (χ1) is 17.4. The van der Waals surface area contributed by atoms with Crippen molar-refractivity contribution in [1.29, 1.82) is 0 Å². The summed E-state index contributed by atoms with van der Waals surface area (Å²) >= 11 is 12.6. The smallest absolute Gasteiger partial charge is 0.292 e. The number of H-pyrrole nitrogens is 1. The largest absolute Gasteiger partial charge is 0.465 e. The molecule has 1 saturated heterocycles. The highest BCUT2D eigenvalue weighted by molar-refractivity contribution is 6.42. The van der Waals surface area contributed by atoms with E-state index in [1.807, 2.05) is 24.3 Å². The van der Waals surface area contributed by atoms with Crippen LogP contribution in [0.25, 0.3) is 0 Å². The summed E-state index contributed by atoms with van der Waals surface area (Å²) in [6, 6.07) is 11.3. The van der Waals surface area contributed by atoms with Crippen molar-refractivity contribution in [3.05, 3.63) is 63.4 Å². The number of piperidine rings is 1. The summed E-state index contributed by atoms with van der Waals surface area (Å²) < 4.78 is 20.7. The summed E-state index contributed by atoms with van der Waals surface area (Å²) in [7, 11) is 0. The number of halogens is 3. The number of anilines is 2. The van der Waals surface area contributed by atoms with Crippen LogP contribution in [0.2, 0.25) is 10.0 Å². The third-order valence-corrected chi connectivity index (χ3v) is 8.53. The quantitative estimate of drug-likeness (QED) is 0.530. The second-order valence-electron chi connectivity index (χ2n) is 9.97. The Kier molecular flexibility index (Phi) is 6.00. The van der Waals surface area contributed by atoms with Gasteiger partial charge in [0.25, 0.3) is 6.02 Å². The van der Waals surface area contributed by atoms with E-state index in [0.29, 0.717) is 47.5 Å². The fourth-order valence-electron chi connectivity index (χ4n) is 5.71. The molecule has 3 aliphatic rings. The molecular formula is C25H26Cl2FN7O. The maximum atomic E-state index is 14.3. The topological polar surface area (TPSA) is 82.5 Å². The lowest BCUT2D eigenvalue weighted by Gasteiger charge is -2.46. The number of aromatic nitrogens is 4. The molecule has 2 unspecified atom stereocenters. The Labute approximate surface area is 218 Å². The maximum absolute atomic E-state index is 14.3. The summed E-state index contributed by atoms with van der Waals surface area (Å²) in [5.41, 5.74) is 2.56. The van der Waals surface area contributed by atoms with Crippen LogP contribution in [0, 0.1) is 11.7 Å². The highest BCUT2D eigenvalue weighted by Crippen LogP contribution is 2.46. The second kappa shape index (κ2) is 9.19. The monoisotopic (exact) mass is 529 g/mol. The number of benzene rings is 2. The number of hydrogen-bond donors (Lipinski definition) is 1. The molecule has 4 heterocycles. The minimum Gasteiger partial charge on any atom is -0.465 e. The van der Waals surface area contributed by atoms with Crippen LogP contribution in [0.15, 0.2) is 41.4 Å². The molecule has 1 aromatic heterocycles. The number of hydrogen-bond acceptors (Lipinski definition) is 7. The lowest BCUT2D eigenvalue weighted by molar-refractivity contribution is 0.207. The average molecular weight is 530 g/mol. The van der Waals surface area contributed by atoms with Gasteiger partial charge in [0.2, 0.25) is 5.95 Å². The van der Waals surface area contributed by atoms with Gasteiger partial charge in [0.15, 0.2) is 0 Å². The SMILES string of the molecule is CC1(c2ccc(Cl)c(Cl)c2)Cc2cc(F)ccc2N2C(OCC3CCN(c4nnn[nH]4)CC3)=NCC21. The molecule has 2 aromatic carbocycles. The van der Waals surface area contributed by atoms with E-state index in [-0.39, 0.29) is 17.3 Å². The molecule has 0 saturated carbocycles. The summed E-state index contributed by atoms with van der Waals surface area (Å²) in [5, 5.41) is 15.2. The lowest BCUT2D eigenvalue weighted by Crippen LogP contribution is -2.55. The van der Waals surface area contributed by atoms with Crippen molar-refractivity contribution in [2.24, 2.45) is 10.9 Å². The highest BCUT2D eigenvalue weighted by atomic mass is 35.5. The van der Waals surface area contributed by atoms with Crippen molar-refractivity contribution in [2.75, 3.05) is 36.0 Å². The Morgan fingerprint density at radius 1 is 1.14 bits per heavy atom. The summed E-state index contributed by atoms with van der Waals surface area (Å²) in [6.45, 7) is 5.07. The van der Waals surface area contributed by atoms with Crippen LogP contribution in [0.4, 0.5) is 16.0 Å². The van der Waals surface area contributed by atoms with Gasteiger partial charge in [-0.1, -0.05) is 41.3 Å². The number of aliphatic imine (C=N–C) groups is 1. The highest BCUT2D eigenvalue weighted by Gasteiger charge is 2.49. The molecule has 3 aromatic rings. The van der Waals surface area contributed by atoms with Crippen LogP contribution in [0.1, 0.15) is 30.9 Å². The summed E-state index contributed by atoms with van der Waals surface area (Å²) in [6.07, 6.45) is 2.61. The zero-order valence-electron chi connectivity index (χ0n) is 19.8. The molecule has 0 spiro atoms. The molecular weight excluding hydrogens is 504 g/mol. The number of rotatable bonds is 4. The fraction of sp³-hybridized carbons (Fsp3) is 0.440. The van der Waals surface area contributed by atoms with E-state index in [1.165, 1.54) is 6.07 Å². The normalized spacial score (nSPS) is 23.9. The van der Waals surface area contributed by atoms with E-state index in [1.54, 1.807) is 6.07 Å². The minimum atomic E-state index is -0.361. The van der Waals surface area contributed by atoms with Crippen LogP contribution >= 0.6 is 23.2 Å². The van der Waals surface area contributed by atoms with Gasteiger partial charge in [-0.2, -0.15) is 0 Å². The van der Waals surface area contributed by atoms with Crippen molar-refractivity contribution in [3.8, 4) is 0 Å². The Morgan fingerprint density at radius 2 is 1.97 bits per heavy atom. The number of nitrogens with one attached hydrogen (secondary N) is 1.